The molecule has 114 valence electrons. The first kappa shape index (κ1) is 17.4. The Bertz CT molecular complexity index is 705. The van der Waals surface area contributed by atoms with Crippen molar-refractivity contribution in [2.24, 2.45) is 0 Å². The van der Waals surface area contributed by atoms with E-state index in [4.69, 9.17) is 0 Å². The summed E-state index contributed by atoms with van der Waals surface area (Å²) in [6, 6.07) is 10.00. The van der Waals surface area contributed by atoms with E-state index in [1.165, 1.54) is 0 Å². The Labute approximate surface area is 154 Å². The van der Waals surface area contributed by atoms with Gasteiger partial charge in [0, 0.05) is 19.2 Å². The molecule has 1 aliphatic carbocycles. The molecule has 0 saturated heterocycles. The smallest absolute Gasteiger partial charge is 0.208 e. The number of allylic oxidation sites excluding steroid dienone is 5. The molecule has 0 N–H and O–H groups in total. The topological polar surface area (TPSA) is 37.4 Å². The molecule has 0 radical (unpaired) electrons. The zero-order chi connectivity index (χ0) is 16.3. The first-order valence-electron chi connectivity index (χ1n) is 6.38. The fraction of sp³-hybridized carbons (Fsp3) is 0.125. The van der Waals surface area contributed by atoms with Crippen molar-refractivity contribution in [1.82, 2.24) is 4.90 Å². The Hall–Kier alpha value is -0.980. The Morgan fingerprint density at radius 1 is 0.955 bits per heavy atom. The number of carbonyl (C=O) groups excluding carboxylic acids is 2. The number of halogens is 3. The highest BCUT2D eigenvalue weighted by molar-refractivity contribution is 9.15. The molecule has 0 amide bonds. The standard InChI is InChI=1S/C16H12Br3NO2/c1-20(9-10-5-3-2-4-6-10)8-7-11-12(17)16(22)14(19)13(18)15(11)21/h2-8H,9H2,1H3/b8-7+. The van der Waals surface area contributed by atoms with E-state index in [9.17, 15) is 9.59 Å². The van der Waals surface area contributed by atoms with E-state index in [0.29, 0.717) is 12.1 Å². The van der Waals surface area contributed by atoms with Gasteiger partial charge >= 0.3 is 0 Å². The fourth-order valence-electron chi connectivity index (χ4n) is 1.91. The molecule has 3 nitrogen and oxygen atoms in total. The number of nitrogens with zero attached hydrogens (tertiary/aromatic N) is 1. The maximum Gasteiger partial charge on any atom is 0.208 e. The number of rotatable bonds is 4. The molecule has 0 unspecified atom stereocenters. The van der Waals surface area contributed by atoms with Gasteiger partial charge in [-0.25, -0.2) is 0 Å². The van der Waals surface area contributed by atoms with Gasteiger partial charge in [-0.3, -0.25) is 9.59 Å². The number of hydrogen-bond acceptors (Lipinski definition) is 3. The Kier molecular flexibility index (Phi) is 5.94. The van der Waals surface area contributed by atoms with Gasteiger partial charge in [0.15, 0.2) is 0 Å². The van der Waals surface area contributed by atoms with Crippen LogP contribution in [0, 0.1) is 0 Å². The quantitative estimate of drug-likeness (QED) is 0.587. The molecule has 0 bridgehead atoms. The number of Topliss-reactive ketones (excluding diaryl/α,β-unsaturated/α-hetero) is 2. The molecule has 2 rings (SSSR count). The third-order valence-electron chi connectivity index (χ3n) is 3.04. The van der Waals surface area contributed by atoms with Crippen LogP contribution in [0.15, 0.2) is 61.6 Å². The van der Waals surface area contributed by atoms with Crippen LogP contribution in [0.2, 0.25) is 0 Å². The lowest BCUT2D eigenvalue weighted by Gasteiger charge is -2.16. The number of hydrogen-bond donors (Lipinski definition) is 0. The fourth-order valence-corrected chi connectivity index (χ4v) is 3.46. The van der Waals surface area contributed by atoms with Crippen LogP contribution < -0.4 is 0 Å². The third kappa shape index (κ3) is 3.86. The Morgan fingerprint density at radius 3 is 2.18 bits per heavy atom. The number of ketones is 2. The number of carbonyl (C=O) groups is 2. The van der Waals surface area contributed by atoms with E-state index in [1.54, 1.807) is 12.3 Å². The van der Waals surface area contributed by atoms with Crippen molar-refractivity contribution >= 4 is 59.4 Å². The third-order valence-corrected chi connectivity index (χ3v) is 5.87. The van der Waals surface area contributed by atoms with Crippen LogP contribution >= 0.6 is 47.8 Å². The van der Waals surface area contributed by atoms with E-state index < -0.39 is 0 Å². The average molecular weight is 490 g/mol. The highest BCUT2D eigenvalue weighted by Crippen LogP contribution is 2.34. The SMILES string of the molecule is CN(/C=C/C1=C(Br)C(=O)C(Br)=C(Br)C1=O)Cc1ccccc1. The lowest BCUT2D eigenvalue weighted by molar-refractivity contribution is -0.114. The van der Waals surface area contributed by atoms with Crippen LogP contribution in [0.1, 0.15) is 5.56 Å². The van der Waals surface area contributed by atoms with Gasteiger partial charge in [-0.05, 0) is 65.6 Å². The largest absolute Gasteiger partial charge is 0.376 e. The van der Waals surface area contributed by atoms with E-state index in [2.05, 4.69) is 47.8 Å². The van der Waals surface area contributed by atoms with Crippen LogP contribution in [-0.4, -0.2) is 23.5 Å². The van der Waals surface area contributed by atoms with Gasteiger partial charge in [0.25, 0.3) is 0 Å². The summed E-state index contributed by atoms with van der Waals surface area (Å²) in [6.07, 6.45) is 3.43. The maximum absolute atomic E-state index is 12.2. The van der Waals surface area contributed by atoms with Crippen molar-refractivity contribution in [3.8, 4) is 0 Å². The summed E-state index contributed by atoms with van der Waals surface area (Å²) in [7, 11) is 1.91. The van der Waals surface area contributed by atoms with Crippen molar-refractivity contribution in [2.75, 3.05) is 7.05 Å². The molecule has 1 aromatic rings. The van der Waals surface area contributed by atoms with Crippen LogP contribution in [-0.2, 0) is 16.1 Å². The molecule has 0 aromatic heterocycles. The summed E-state index contributed by atoms with van der Waals surface area (Å²) in [5.74, 6) is -0.487. The maximum atomic E-state index is 12.2. The van der Waals surface area contributed by atoms with Gasteiger partial charge < -0.3 is 4.90 Å². The van der Waals surface area contributed by atoms with Crippen molar-refractivity contribution in [2.45, 2.75) is 6.54 Å². The summed E-state index contributed by atoms with van der Waals surface area (Å²) in [4.78, 5) is 26.2. The minimum Gasteiger partial charge on any atom is -0.376 e. The normalized spacial score (nSPS) is 16.0. The van der Waals surface area contributed by atoms with Crippen molar-refractivity contribution in [1.29, 1.82) is 0 Å². The van der Waals surface area contributed by atoms with Gasteiger partial charge in [0.1, 0.15) is 0 Å². The van der Waals surface area contributed by atoms with Gasteiger partial charge in [-0.15, -0.1) is 0 Å². The molecule has 0 heterocycles. The summed E-state index contributed by atoms with van der Waals surface area (Å²) >= 11 is 9.46. The molecule has 0 atom stereocenters. The van der Waals surface area contributed by atoms with Crippen LogP contribution in [0.5, 0.6) is 0 Å². The number of benzene rings is 1. The van der Waals surface area contributed by atoms with Crippen LogP contribution in [0.25, 0.3) is 0 Å². The molecular weight excluding hydrogens is 478 g/mol. The van der Waals surface area contributed by atoms with Gasteiger partial charge in [0.05, 0.1) is 13.4 Å². The molecule has 1 aliphatic rings. The Morgan fingerprint density at radius 2 is 1.55 bits per heavy atom. The van der Waals surface area contributed by atoms with Crippen molar-refractivity contribution < 1.29 is 9.59 Å². The predicted octanol–water partition coefficient (Wildman–Crippen LogP) is 4.43. The summed E-state index contributed by atoms with van der Waals surface area (Å²) in [5, 5.41) is 0. The average Bonchev–Trinajstić information content (AvgIpc) is 2.52. The zero-order valence-corrected chi connectivity index (χ0v) is 16.4. The second-order valence-electron chi connectivity index (χ2n) is 4.73. The minimum atomic E-state index is -0.253. The highest BCUT2D eigenvalue weighted by atomic mass is 79.9. The van der Waals surface area contributed by atoms with Crippen LogP contribution in [0.3, 0.4) is 0 Å². The summed E-state index contributed by atoms with van der Waals surface area (Å²) < 4.78 is 0.738. The molecular formula is C16H12Br3NO2. The first-order chi connectivity index (χ1) is 10.4. The molecule has 6 heteroatoms. The molecule has 0 aliphatic heterocycles. The predicted molar refractivity (Wildman–Crippen MR) is 97.9 cm³/mol. The van der Waals surface area contributed by atoms with Crippen molar-refractivity contribution in [3.63, 3.8) is 0 Å². The second kappa shape index (κ2) is 7.53. The molecule has 1 aromatic carbocycles. The lowest BCUT2D eigenvalue weighted by atomic mass is 10.0. The first-order valence-corrected chi connectivity index (χ1v) is 8.76. The van der Waals surface area contributed by atoms with Crippen LogP contribution in [0.4, 0.5) is 0 Å². The lowest BCUT2D eigenvalue weighted by Crippen LogP contribution is -2.17. The van der Waals surface area contributed by atoms with E-state index >= 15 is 0 Å². The van der Waals surface area contributed by atoms with Gasteiger partial charge in [-0.2, -0.15) is 0 Å². The molecule has 0 spiro atoms. The van der Waals surface area contributed by atoms with Gasteiger partial charge in [-0.1, -0.05) is 30.3 Å². The molecule has 0 fully saturated rings. The monoisotopic (exact) mass is 487 g/mol. The zero-order valence-electron chi connectivity index (χ0n) is 11.6. The van der Waals surface area contributed by atoms with E-state index in [0.717, 1.165) is 5.56 Å². The highest BCUT2D eigenvalue weighted by Gasteiger charge is 2.29. The Balaban J connectivity index is 2.15. The van der Waals surface area contributed by atoms with Crippen molar-refractivity contribution in [3.05, 3.63) is 67.2 Å². The molecule has 22 heavy (non-hydrogen) atoms. The summed E-state index contributed by atoms with van der Waals surface area (Å²) in [5.41, 5.74) is 1.50. The van der Waals surface area contributed by atoms with E-state index in [1.807, 2.05) is 42.3 Å². The second-order valence-corrected chi connectivity index (χ2v) is 7.11. The summed E-state index contributed by atoms with van der Waals surface area (Å²) in [6.45, 7) is 0.713. The minimum absolute atomic E-state index is 0.234. The van der Waals surface area contributed by atoms with Gasteiger partial charge in [0.2, 0.25) is 11.6 Å². The van der Waals surface area contributed by atoms with E-state index in [-0.39, 0.29) is 25.0 Å². The molecule has 0 saturated carbocycles.